The van der Waals surface area contributed by atoms with Gasteiger partial charge in [-0.15, -0.1) is 0 Å². The minimum absolute atomic E-state index is 0.116. The van der Waals surface area contributed by atoms with Crippen LogP contribution >= 0.6 is 0 Å². The molecule has 3 N–H and O–H groups in total. The van der Waals surface area contributed by atoms with Gasteiger partial charge in [-0.25, -0.2) is 0 Å². The van der Waals surface area contributed by atoms with E-state index in [-0.39, 0.29) is 5.91 Å². The van der Waals surface area contributed by atoms with Gasteiger partial charge in [-0.3, -0.25) is 4.79 Å². The van der Waals surface area contributed by atoms with E-state index < -0.39 is 0 Å². The lowest BCUT2D eigenvalue weighted by atomic mass is 9.99. The molecule has 3 heteroatoms. The molecule has 1 amide bonds. The summed E-state index contributed by atoms with van der Waals surface area (Å²) in [5.74, 6) is -0.116. The monoisotopic (exact) mass is 316 g/mol. The number of nitrogens with one attached hydrogen (secondary N) is 1. The molecule has 3 aromatic carbocycles. The summed E-state index contributed by atoms with van der Waals surface area (Å²) in [7, 11) is 0. The molecule has 0 fully saturated rings. The van der Waals surface area contributed by atoms with Gasteiger partial charge in [-0.05, 0) is 47.4 Å². The molecule has 0 aliphatic heterocycles. The minimum Gasteiger partial charge on any atom is -0.326 e. The summed E-state index contributed by atoms with van der Waals surface area (Å²) in [5.41, 5.74) is 11.2. The first-order chi connectivity index (χ1) is 11.7. The summed E-state index contributed by atoms with van der Waals surface area (Å²) >= 11 is 0. The maximum Gasteiger partial charge on any atom is 0.256 e. The Hall–Kier alpha value is -2.91. The highest BCUT2D eigenvalue weighted by molar-refractivity contribution is 6.08. The number of aryl methyl sites for hydroxylation is 1. The van der Waals surface area contributed by atoms with Crippen molar-refractivity contribution in [3.05, 3.63) is 89.5 Å². The number of nitrogens with two attached hydrogens (primary N) is 1. The minimum atomic E-state index is -0.116. The normalized spacial score (nSPS) is 10.4. The zero-order valence-electron chi connectivity index (χ0n) is 13.6. The van der Waals surface area contributed by atoms with E-state index in [9.17, 15) is 4.79 Å². The Morgan fingerprint density at radius 3 is 2.38 bits per heavy atom. The molecule has 120 valence electrons. The quantitative estimate of drug-likeness (QED) is 0.751. The van der Waals surface area contributed by atoms with Crippen molar-refractivity contribution in [2.45, 2.75) is 13.5 Å². The fourth-order valence-corrected chi connectivity index (χ4v) is 2.75. The van der Waals surface area contributed by atoms with Gasteiger partial charge in [0.05, 0.1) is 0 Å². The van der Waals surface area contributed by atoms with Crippen LogP contribution in [0.5, 0.6) is 0 Å². The Balaban J connectivity index is 1.90. The van der Waals surface area contributed by atoms with Crippen LogP contribution in [0.25, 0.3) is 11.1 Å². The van der Waals surface area contributed by atoms with Crippen LogP contribution in [0.4, 0.5) is 5.69 Å². The third-order valence-electron chi connectivity index (χ3n) is 4.08. The summed E-state index contributed by atoms with van der Waals surface area (Å²) in [5, 5.41) is 2.98. The predicted molar refractivity (Wildman–Crippen MR) is 98.9 cm³/mol. The summed E-state index contributed by atoms with van der Waals surface area (Å²) < 4.78 is 0. The molecule has 0 saturated heterocycles. The summed E-state index contributed by atoms with van der Waals surface area (Å²) in [6.07, 6.45) is 0. The molecule has 0 aliphatic rings. The number of carbonyl (C=O) groups excluding carboxylic acids is 1. The maximum atomic E-state index is 12.7. The first kappa shape index (κ1) is 16.0. The van der Waals surface area contributed by atoms with Crippen molar-refractivity contribution in [1.82, 2.24) is 0 Å². The second kappa shape index (κ2) is 7.11. The average molecular weight is 316 g/mol. The summed E-state index contributed by atoms with van der Waals surface area (Å²) in [4.78, 5) is 12.7. The lowest BCUT2D eigenvalue weighted by molar-refractivity contribution is 0.102. The van der Waals surface area contributed by atoms with Crippen molar-refractivity contribution in [3.63, 3.8) is 0 Å². The molecular formula is C21H20N2O. The number of hydrogen-bond donors (Lipinski definition) is 2. The molecule has 0 unspecified atom stereocenters. The molecule has 3 nitrogen and oxygen atoms in total. The molecular weight excluding hydrogens is 296 g/mol. The van der Waals surface area contributed by atoms with Crippen molar-refractivity contribution in [1.29, 1.82) is 0 Å². The highest BCUT2D eigenvalue weighted by Gasteiger charge is 2.12. The zero-order chi connectivity index (χ0) is 16.9. The second-order valence-corrected chi connectivity index (χ2v) is 5.71. The smallest absolute Gasteiger partial charge is 0.256 e. The van der Waals surface area contributed by atoms with Crippen molar-refractivity contribution < 1.29 is 4.79 Å². The highest BCUT2D eigenvalue weighted by Crippen LogP contribution is 2.24. The van der Waals surface area contributed by atoms with Crippen molar-refractivity contribution in [2.24, 2.45) is 5.73 Å². The SMILES string of the molecule is Cc1cc(NC(=O)c2ccccc2-c2ccccc2)ccc1CN. The van der Waals surface area contributed by atoms with Crippen LogP contribution < -0.4 is 11.1 Å². The van der Waals surface area contributed by atoms with Crippen LogP contribution in [0.1, 0.15) is 21.5 Å². The Morgan fingerprint density at radius 1 is 0.958 bits per heavy atom. The Kier molecular flexibility index (Phi) is 4.73. The van der Waals surface area contributed by atoms with Gasteiger partial charge < -0.3 is 11.1 Å². The molecule has 0 spiro atoms. The molecule has 24 heavy (non-hydrogen) atoms. The molecule has 3 rings (SSSR count). The molecule has 0 saturated carbocycles. The summed E-state index contributed by atoms with van der Waals surface area (Å²) in [6.45, 7) is 2.49. The molecule has 0 radical (unpaired) electrons. The van der Waals surface area contributed by atoms with E-state index in [1.807, 2.05) is 79.7 Å². The lowest BCUT2D eigenvalue weighted by Crippen LogP contribution is -2.13. The highest BCUT2D eigenvalue weighted by atomic mass is 16.1. The van der Waals surface area contributed by atoms with Crippen LogP contribution in [-0.2, 0) is 6.54 Å². The van der Waals surface area contributed by atoms with Crippen LogP contribution in [0.15, 0.2) is 72.8 Å². The Labute approximate surface area is 142 Å². The lowest BCUT2D eigenvalue weighted by Gasteiger charge is -2.12. The van der Waals surface area contributed by atoms with E-state index in [1.54, 1.807) is 0 Å². The van der Waals surface area contributed by atoms with E-state index >= 15 is 0 Å². The van der Waals surface area contributed by atoms with E-state index in [0.717, 1.165) is 27.9 Å². The molecule has 0 aromatic heterocycles. The third kappa shape index (κ3) is 3.36. The van der Waals surface area contributed by atoms with Crippen LogP contribution in [-0.4, -0.2) is 5.91 Å². The Bertz CT molecular complexity index is 857. The fraction of sp³-hybridized carbons (Fsp3) is 0.0952. The molecule has 0 atom stereocenters. The second-order valence-electron chi connectivity index (χ2n) is 5.71. The van der Waals surface area contributed by atoms with Gasteiger partial charge in [-0.1, -0.05) is 54.6 Å². The van der Waals surface area contributed by atoms with Gasteiger partial charge in [0.15, 0.2) is 0 Å². The van der Waals surface area contributed by atoms with E-state index in [2.05, 4.69) is 5.32 Å². The molecule has 0 aliphatic carbocycles. The van der Waals surface area contributed by atoms with Gasteiger partial charge in [0.25, 0.3) is 5.91 Å². The van der Waals surface area contributed by atoms with Gasteiger partial charge in [0.2, 0.25) is 0 Å². The van der Waals surface area contributed by atoms with Gasteiger partial charge in [0.1, 0.15) is 0 Å². The first-order valence-corrected chi connectivity index (χ1v) is 7.94. The van der Waals surface area contributed by atoms with E-state index in [4.69, 9.17) is 5.73 Å². The Morgan fingerprint density at radius 2 is 1.67 bits per heavy atom. The van der Waals surface area contributed by atoms with Crippen molar-refractivity contribution in [3.8, 4) is 11.1 Å². The molecule has 0 heterocycles. The van der Waals surface area contributed by atoms with E-state index in [0.29, 0.717) is 12.1 Å². The van der Waals surface area contributed by atoms with Crippen LogP contribution in [0, 0.1) is 6.92 Å². The third-order valence-corrected chi connectivity index (χ3v) is 4.08. The number of hydrogen-bond acceptors (Lipinski definition) is 2. The molecule has 0 bridgehead atoms. The number of anilines is 1. The largest absolute Gasteiger partial charge is 0.326 e. The predicted octanol–water partition coefficient (Wildman–Crippen LogP) is 4.37. The summed E-state index contributed by atoms with van der Waals surface area (Å²) in [6, 6.07) is 23.3. The van der Waals surface area contributed by atoms with Crippen molar-refractivity contribution >= 4 is 11.6 Å². The standard InChI is InChI=1S/C21H20N2O/c1-15-13-18(12-11-17(15)14-22)23-21(24)20-10-6-5-9-19(20)16-7-3-2-4-8-16/h2-13H,14,22H2,1H3,(H,23,24). The fourth-order valence-electron chi connectivity index (χ4n) is 2.75. The zero-order valence-corrected chi connectivity index (χ0v) is 13.6. The molecule has 3 aromatic rings. The van der Waals surface area contributed by atoms with Gasteiger partial charge in [-0.2, -0.15) is 0 Å². The van der Waals surface area contributed by atoms with Crippen LogP contribution in [0.3, 0.4) is 0 Å². The topological polar surface area (TPSA) is 55.1 Å². The van der Waals surface area contributed by atoms with Crippen molar-refractivity contribution in [2.75, 3.05) is 5.32 Å². The number of amides is 1. The van der Waals surface area contributed by atoms with Crippen LogP contribution in [0.2, 0.25) is 0 Å². The number of carbonyl (C=O) groups is 1. The van der Waals surface area contributed by atoms with E-state index in [1.165, 1.54) is 0 Å². The first-order valence-electron chi connectivity index (χ1n) is 7.94. The average Bonchev–Trinajstić information content (AvgIpc) is 2.62. The number of rotatable bonds is 4. The van der Waals surface area contributed by atoms with Gasteiger partial charge in [0, 0.05) is 17.8 Å². The number of benzene rings is 3. The maximum absolute atomic E-state index is 12.7. The van der Waals surface area contributed by atoms with Gasteiger partial charge >= 0.3 is 0 Å².